The number of nitrogens with two attached hydrogens (primary N) is 1. The quantitative estimate of drug-likeness (QED) is 0.817. The van der Waals surface area contributed by atoms with E-state index in [-0.39, 0.29) is 17.4 Å². The molecule has 0 bridgehead atoms. The first-order chi connectivity index (χ1) is 5.88. The molecule has 0 saturated heterocycles. The Morgan fingerprint density at radius 3 is 2.54 bits per heavy atom. The molecule has 0 saturated carbocycles. The van der Waals surface area contributed by atoms with Crippen LogP contribution >= 0.6 is 11.6 Å². The molecule has 1 rings (SSSR count). The lowest BCUT2D eigenvalue weighted by molar-refractivity contribution is -0.137. The van der Waals surface area contributed by atoms with Gasteiger partial charge < -0.3 is 5.73 Å². The minimum atomic E-state index is -4.19. The van der Waals surface area contributed by atoms with E-state index in [1.165, 1.54) is 6.20 Å². The van der Waals surface area contributed by atoms with E-state index >= 15 is 0 Å². The van der Waals surface area contributed by atoms with Gasteiger partial charge in [0.1, 0.15) is 5.02 Å². The second-order valence-electron chi connectivity index (χ2n) is 2.49. The van der Waals surface area contributed by atoms with Crippen molar-refractivity contribution >= 4 is 17.4 Å². The molecule has 0 aliphatic carbocycles. The van der Waals surface area contributed by atoms with Gasteiger partial charge in [0.2, 0.25) is 0 Å². The number of alkyl halides is 3. The Kier molecular flexibility index (Phi) is 2.70. The van der Waals surface area contributed by atoms with Crippen LogP contribution < -0.4 is 5.73 Å². The van der Waals surface area contributed by atoms with Gasteiger partial charge in [0.05, 0.1) is 6.42 Å². The molecule has 1 aromatic rings. The maximum absolute atomic E-state index is 11.7. The van der Waals surface area contributed by atoms with Crippen molar-refractivity contribution < 1.29 is 13.2 Å². The predicted molar refractivity (Wildman–Crippen MR) is 42.3 cm³/mol. The van der Waals surface area contributed by atoms with Crippen LogP contribution in [-0.4, -0.2) is 16.0 Å². The summed E-state index contributed by atoms with van der Waals surface area (Å²) in [6.07, 6.45) is -3.86. The van der Waals surface area contributed by atoms with Gasteiger partial charge in [0.25, 0.3) is 0 Å². The minimum absolute atomic E-state index is 0.0452. The van der Waals surface area contributed by atoms with Crippen LogP contribution in [0.3, 0.4) is 0 Å². The molecule has 0 aliphatic rings. The summed E-state index contributed by atoms with van der Waals surface area (Å²) in [5.74, 6) is 0.0452. The SMILES string of the molecule is Nc1nn(CCC(F)(F)F)cc1Cl. The zero-order chi connectivity index (χ0) is 10.1. The Labute approximate surface area is 77.3 Å². The van der Waals surface area contributed by atoms with Gasteiger partial charge >= 0.3 is 6.18 Å². The zero-order valence-corrected chi connectivity index (χ0v) is 7.23. The molecule has 0 atom stereocenters. The van der Waals surface area contributed by atoms with Crippen LogP contribution in [0.2, 0.25) is 5.02 Å². The summed E-state index contributed by atoms with van der Waals surface area (Å²) in [4.78, 5) is 0. The molecule has 7 heteroatoms. The number of nitrogens with zero attached hydrogens (tertiary/aromatic N) is 2. The molecule has 1 aromatic heterocycles. The fourth-order valence-corrected chi connectivity index (χ4v) is 0.918. The normalized spacial score (nSPS) is 12.0. The first kappa shape index (κ1) is 10.2. The van der Waals surface area contributed by atoms with Gasteiger partial charge in [-0.25, -0.2) is 0 Å². The molecule has 0 amide bonds. The third-order valence-corrected chi connectivity index (χ3v) is 1.66. The largest absolute Gasteiger partial charge is 0.390 e. The fraction of sp³-hybridized carbons (Fsp3) is 0.500. The number of hydrogen-bond acceptors (Lipinski definition) is 2. The van der Waals surface area contributed by atoms with E-state index in [1.54, 1.807) is 0 Å². The number of halogens is 4. The molecule has 3 nitrogen and oxygen atoms in total. The van der Waals surface area contributed by atoms with Crippen LogP contribution in [0.1, 0.15) is 6.42 Å². The molecule has 0 spiro atoms. The highest BCUT2D eigenvalue weighted by atomic mass is 35.5. The lowest BCUT2D eigenvalue weighted by atomic mass is 10.4. The monoisotopic (exact) mass is 213 g/mol. The van der Waals surface area contributed by atoms with Crippen LogP contribution in [0, 0.1) is 0 Å². The van der Waals surface area contributed by atoms with E-state index in [0.29, 0.717) is 0 Å². The summed E-state index contributed by atoms with van der Waals surface area (Å²) >= 11 is 5.49. The Morgan fingerprint density at radius 2 is 2.15 bits per heavy atom. The van der Waals surface area contributed by atoms with Gasteiger partial charge in [-0.1, -0.05) is 11.6 Å². The number of rotatable bonds is 2. The van der Waals surface area contributed by atoms with Crippen molar-refractivity contribution in [3.05, 3.63) is 11.2 Å². The first-order valence-corrected chi connectivity index (χ1v) is 3.81. The van der Waals surface area contributed by atoms with E-state index in [9.17, 15) is 13.2 Å². The number of anilines is 1. The van der Waals surface area contributed by atoms with E-state index in [4.69, 9.17) is 17.3 Å². The van der Waals surface area contributed by atoms with Crippen LogP contribution in [0.4, 0.5) is 19.0 Å². The third kappa shape index (κ3) is 3.14. The van der Waals surface area contributed by atoms with E-state index < -0.39 is 12.6 Å². The molecule has 2 N–H and O–H groups in total. The Bertz CT molecular complexity index is 274. The summed E-state index contributed by atoms with van der Waals surface area (Å²) in [6, 6.07) is 0. The molecular formula is C6H7ClF3N3. The van der Waals surface area contributed by atoms with Crippen molar-refractivity contribution in [1.82, 2.24) is 9.78 Å². The van der Waals surface area contributed by atoms with E-state index in [1.807, 2.05) is 0 Å². The van der Waals surface area contributed by atoms with Crippen LogP contribution in [0.15, 0.2) is 6.20 Å². The summed E-state index contributed by atoms with van der Waals surface area (Å²) < 4.78 is 36.3. The fourth-order valence-electron chi connectivity index (χ4n) is 0.768. The molecule has 0 fully saturated rings. The third-order valence-electron chi connectivity index (χ3n) is 1.37. The molecule has 0 aliphatic heterocycles. The van der Waals surface area contributed by atoms with E-state index in [2.05, 4.69) is 5.10 Å². The second kappa shape index (κ2) is 3.45. The molecule has 0 aromatic carbocycles. The van der Waals surface area contributed by atoms with Gasteiger partial charge in [0, 0.05) is 12.7 Å². The Morgan fingerprint density at radius 1 is 1.54 bits per heavy atom. The second-order valence-corrected chi connectivity index (χ2v) is 2.90. The summed E-state index contributed by atoms with van der Waals surface area (Å²) in [6.45, 7) is -0.263. The average molecular weight is 214 g/mol. The van der Waals surface area contributed by atoms with Crippen molar-refractivity contribution in [2.75, 3.05) is 5.73 Å². The lowest BCUT2D eigenvalue weighted by Gasteiger charge is -2.04. The predicted octanol–water partition coefficient (Wildman–Crippen LogP) is 2.07. The van der Waals surface area contributed by atoms with Crippen molar-refractivity contribution in [1.29, 1.82) is 0 Å². The average Bonchev–Trinajstić information content (AvgIpc) is 2.27. The van der Waals surface area contributed by atoms with Gasteiger partial charge in [-0.05, 0) is 0 Å². The van der Waals surface area contributed by atoms with Crippen molar-refractivity contribution in [3.63, 3.8) is 0 Å². The standard InChI is InChI=1S/C6H7ClF3N3/c7-4-3-13(12-5(4)11)2-1-6(8,9)10/h3H,1-2H2,(H2,11,12). The zero-order valence-electron chi connectivity index (χ0n) is 6.48. The van der Waals surface area contributed by atoms with E-state index in [0.717, 1.165) is 4.68 Å². The molecular weight excluding hydrogens is 207 g/mol. The maximum Gasteiger partial charge on any atom is 0.390 e. The highest BCUT2D eigenvalue weighted by molar-refractivity contribution is 6.32. The number of aryl methyl sites for hydroxylation is 1. The number of aromatic nitrogens is 2. The minimum Gasteiger partial charge on any atom is -0.381 e. The van der Waals surface area contributed by atoms with Crippen LogP contribution in [0.5, 0.6) is 0 Å². The topological polar surface area (TPSA) is 43.8 Å². The summed E-state index contributed by atoms with van der Waals surface area (Å²) in [5.41, 5.74) is 5.23. The van der Waals surface area contributed by atoms with Gasteiger partial charge in [0.15, 0.2) is 5.82 Å². The first-order valence-electron chi connectivity index (χ1n) is 3.43. The number of hydrogen-bond donors (Lipinski definition) is 1. The highest BCUT2D eigenvalue weighted by Crippen LogP contribution is 2.21. The molecule has 1 heterocycles. The van der Waals surface area contributed by atoms with Gasteiger partial charge in [-0.2, -0.15) is 18.3 Å². The maximum atomic E-state index is 11.7. The molecule has 0 radical (unpaired) electrons. The Balaban J connectivity index is 2.56. The smallest absolute Gasteiger partial charge is 0.381 e. The van der Waals surface area contributed by atoms with Crippen LogP contribution in [-0.2, 0) is 6.54 Å². The van der Waals surface area contributed by atoms with Crippen LogP contribution in [0.25, 0.3) is 0 Å². The molecule has 13 heavy (non-hydrogen) atoms. The molecule has 0 unspecified atom stereocenters. The molecule has 74 valence electrons. The highest BCUT2D eigenvalue weighted by Gasteiger charge is 2.26. The Hall–Kier alpha value is -0.910. The lowest BCUT2D eigenvalue weighted by Crippen LogP contribution is -2.12. The van der Waals surface area contributed by atoms with Crippen molar-refractivity contribution in [2.24, 2.45) is 0 Å². The van der Waals surface area contributed by atoms with Gasteiger partial charge in [-0.3, -0.25) is 4.68 Å². The summed E-state index contributed by atoms with van der Waals surface area (Å²) in [5, 5.41) is 3.74. The van der Waals surface area contributed by atoms with Crippen molar-refractivity contribution in [3.8, 4) is 0 Å². The number of nitrogen functional groups attached to an aromatic ring is 1. The summed E-state index contributed by atoms with van der Waals surface area (Å²) in [7, 11) is 0. The van der Waals surface area contributed by atoms with Gasteiger partial charge in [-0.15, -0.1) is 0 Å². The van der Waals surface area contributed by atoms with Crippen molar-refractivity contribution in [2.45, 2.75) is 19.1 Å².